The molecule has 5 heteroatoms. The van der Waals surface area contributed by atoms with E-state index in [1.165, 1.54) is 0 Å². The number of nitrogens with one attached hydrogen (secondary N) is 1. The lowest BCUT2D eigenvalue weighted by Gasteiger charge is -2.22. The van der Waals surface area contributed by atoms with E-state index in [4.69, 9.17) is 11.5 Å². The number of amides is 2. The minimum Gasteiger partial charge on any atom is -0.366 e. The summed E-state index contributed by atoms with van der Waals surface area (Å²) in [5.41, 5.74) is 12.0. The molecule has 102 valence electrons. The second-order valence-electron chi connectivity index (χ2n) is 5.24. The van der Waals surface area contributed by atoms with E-state index in [0.29, 0.717) is 17.7 Å². The Morgan fingerprint density at radius 1 is 1.16 bits per heavy atom. The SMILES string of the molecule is NC(=O)c1ccc(NC(=O)CC2(N)CCCC2)cc1. The summed E-state index contributed by atoms with van der Waals surface area (Å²) in [6.45, 7) is 0. The third kappa shape index (κ3) is 3.54. The number of rotatable bonds is 4. The van der Waals surface area contributed by atoms with Crippen molar-refractivity contribution in [1.82, 2.24) is 0 Å². The van der Waals surface area contributed by atoms with Crippen molar-refractivity contribution >= 4 is 17.5 Å². The number of benzene rings is 1. The first-order valence-electron chi connectivity index (χ1n) is 6.47. The van der Waals surface area contributed by atoms with Gasteiger partial charge in [-0.05, 0) is 37.1 Å². The minimum atomic E-state index is -0.482. The zero-order chi connectivity index (χ0) is 13.9. The highest BCUT2D eigenvalue weighted by Gasteiger charge is 2.31. The first-order valence-corrected chi connectivity index (χ1v) is 6.47. The molecule has 0 unspecified atom stereocenters. The van der Waals surface area contributed by atoms with E-state index in [1.54, 1.807) is 24.3 Å². The van der Waals surface area contributed by atoms with Crippen LogP contribution in [0.1, 0.15) is 42.5 Å². The number of carbonyl (C=O) groups is 2. The summed E-state index contributed by atoms with van der Waals surface area (Å²) >= 11 is 0. The van der Waals surface area contributed by atoms with E-state index in [-0.39, 0.29) is 11.4 Å². The van der Waals surface area contributed by atoms with Crippen LogP contribution >= 0.6 is 0 Å². The molecule has 1 aliphatic rings. The molecular formula is C14H19N3O2. The molecule has 19 heavy (non-hydrogen) atoms. The van der Waals surface area contributed by atoms with Gasteiger partial charge in [-0.2, -0.15) is 0 Å². The van der Waals surface area contributed by atoms with Crippen LogP contribution in [0.4, 0.5) is 5.69 Å². The Morgan fingerprint density at radius 3 is 2.26 bits per heavy atom. The number of nitrogens with two attached hydrogens (primary N) is 2. The number of primary amides is 1. The van der Waals surface area contributed by atoms with E-state index < -0.39 is 5.91 Å². The van der Waals surface area contributed by atoms with Crippen molar-refractivity contribution in [3.8, 4) is 0 Å². The molecule has 0 saturated heterocycles. The maximum atomic E-state index is 11.9. The first kappa shape index (κ1) is 13.5. The first-order chi connectivity index (χ1) is 8.98. The summed E-state index contributed by atoms with van der Waals surface area (Å²) in [7, 11) is 0. The van der Waals surface area contributed by atoms with Crippen LogP contribution < -0.4 is 16.8 Å². The van der Waals surface area contributed by atoms with Crippen molar-refractivity contribution in [2.24, 2.45) is 11.5 Å². The Morgan fingerprint density at radius 2 is 1.74 bits per heavy atom. The molecule has 5 nitrogen and oxygen atoms in total. The van der Waals surface area contributed by atoms with Crippen LogP contribution in [0.2, 0.25) is 0 Å². The molecule has 0 bridgehead atoms. The second kappa shape index (κ2) is 5.40. The number of hydrogen-bond donors (Lipinski definition) is 3. The van der Waals surface area contributed by atoms with E-state index in [1.807, 2.05) is 0 Å². The molecule has 1 aliphatic carbocycles. The van der Waals surface area contributed by atoms with Crippen molar-refractivity contribution in [2.75, 3.05) is 5.32 Å². The Labute approximate surface area is 112 Å². The number of anilines is 1. The maximum absolute atomic E-state index is 11.9. The molecule has 0 aliphatic heterocycles. The van der Waals surface area contributed by atoms with E-state index in [0.717, 1.165) is 25.7 Å². The molecule has 2 amide bonds. The zero-order valence-electron chi connectivity index (χ0n) is 10.8. The molecule has 1 fully saturated rings. The summed E-state index contributed by atoms with van der Waals surface area (Å²) in [6, 6.07) is 6.50. The average Bonchev–Trinajstić information content (AvgIpc) is 2.76. The van der Waals surface area contributed by atoms with Gasteiger partial charge in [-0.15, -0.1) is 0 Å². The normalized spacial score (nSPS) is 17.1. The Hall–Kier alpha value is -1.88. The van der Waals surface area contributed by atoms with Gasteiger partial charge in [0.2, 0.25) is 11.8 Å². The largest absolute Gasteiger partial charge is 0.366 e. The number of hydrogen-bond acceptors (Lipinski definition) is 3. The quantitative estimate of drug-likeness (QED) is 0.763. The summed E-state index contributed by atoms with van der Waals surface area (Å²) in [4.78, 5) is 22.8. The van der Waals surface area contributed by atoms with Crippen LogP contribution in [0.5, 0.6) is 0 Å². The van der Waals surface area contributed by atoms with Crippen LogP contribution in [0, 0.1) is 0 Å². The summed E-state index contributed by atoms with van der Waals surface area (Å²) in [5.74, 6) is -0.569. The predicted octanol–water partition coefficient (Wildman–Crippen LogP) is 1.39. The average molecular weight is 261 g/mol. The van der Waals surface area contributed by atoms with Crippen LogP contribution in [-0.4, -0.2) is 17.4 Å². The third-order valence-corrected chi connectivity index (χ3v) is 3.57. The van der Waals surface area contributed by atoms with Gasteiger partial charge >= 0.3 is 0 Å². The van der Waals surface area contributed by atoms with Crippen molar-refractivity contribution in [1.29, 1.82) is 0 Å². The van der Waals surface area contributed by atoms with Crippen molar-refractivity contribution in [2.45, 2.75) is 37.6 Å². The Balaban J connectivity index is 1.93. The van der Waals surface area contributed by atoms with Crippen LogP contribution in [0.15, 0.2) is 24.3 Å². The molecule has 5 N–H and O–H groups in total. The fourth-order valence-corrected chi connectivity index (χ4v) is 2.50. The predicted molar refractivity (Wildman–Crippen MR) is 73.6 cm³/mol. The summed E-state index contributed by atoms with van der Waals surface area (Å²) in [6.07, 6.45) is 4.33. The molecule has 1 aromatic carbocycles. The molecule has 0 spiro atoms. The zero-order valence-corrected chi connectivity index (χ0v) is 10.8. The van der Waals surface area contributed by atoms with Gasteiger partial charge in [0, 0.05) is 23.2 Å². The van der Waals surface area contributed by atoms with E-state index in [2.05, 4.69) is 5.32 Å². The van der Waals surface area contributed by atoms with Crippen LogP contribution in [0.25, 0.3) is 0 Å². The molecule has 1 aromatic rings. The van der Waals surface area contributed by atoms with Gasteiger partial charge in [0.25, 0.3) is 0 Å². The van der Waals surface area contributed by atoms with Crippen LogP contribution in [-0.2, 0) is 4.79 Å². The van der Waals surface area contributed by atoms with Gasteiger partial charge in [-0.1, -0.05) is 12.8 Å². The summed E-state index contributed by atoms with van der Waals surface area (Å²) in [5, 5.41) is 2.79. The molecule has 0 radical (unpaired) electrons. The smallest absolute Gasteiger partial charge is 0.248 e. The lowest BCUT2D eigenvalue weighted by molar-refractivity contribution is -0.117. The van der Waals surface area contributed by atoms with Crippen LogP contribution in [0.3, 0.4) is 0 Å². The van der Waals surface area contributed by atoms with Crippen molar-refractivity contribution in [3.05, 3.63) is 29.8 Å². The van der Waals surface area contributed by atoms with Gasteiger partial charge in [0.05, 0.1) is 0 Å². The van der Waals surface area contributed by atoms with Crippen molar-refractivity contribution in [3.63, 3.8) is 0 Å². The molecule has 0 aromatic heterocycles. The Bertz CT molecular complexity index is 476. The monoisotopic (exact) mass is 261 g/mol. The standard InChI is InChI=1S/C14H19N3O2/c15-13(19)10-3-5-11(6-4-10)17-12(18)9-14(16)7-1-2-8-14/h3-6H,1-2,7-9,16H2,(H2,15,19)(H,17,18). The molecule has 1 saturated carbocycles. The Kier molecular flexibility index (Phi) is 3.85. The highest BCUT2D eigenvalue weighted by atomic mass is 16.2. The highest BCUT2D eigenvalue weighted by Crippen LogP contribution is 2.30. The van der Waals surface area contributed by atoms with Gasteiger partial charge in [-0.25, -0.2) is 0 Å². The maximum Gasteiger partial charge on any atom is 0.248 e. The fraction of sp³-hybridized carbons (Fsp3) is 0.429. The van der Waals surface area contributed by atoms with Gasteiger partial charge in [0.15, 0.2) is 0 Å². The van der Waals surface area contributed by atoms with Gasteiger partial charge in [-0.3, -0.25) is 9.59 Å². The summed E-state index contributed by atoms with van der Waals surface area (Å²) < 4.78 is 0. The topological polar surface area (TPSA) is 98.2 Å². The minimum absolute atomic E-state index is 0.0868. The number of carbonyl (C=O) groups excluding carboxylic acids is 2. The third-order valence-electron chi connectivity index (χ3n) is 3.57. The second-order valence-corrected chi connectivity index (χ2v) is 5.24. The lowest BCUT2D eigenvalue weighted by atomic mass is 9.94. The van der Waals surface area contributed by atoms with Gasteiger partial charge in [0.1, 0.15) is 0 Å². The van der Waals surface area contributed by atoms with Gasteiger partial charge < -0.3 is 16.8 Å². The van der Waals surface area contributed by atoms with E-state index in [9.17, 15) is 9.59 Å². The fourth-order valence-electron chi connectivity index (χ4n) is 2.50. The molecule has 2 rings (SSSR count). The van der Waals surface area contributed by atoms with E-state index >= 15 is 0 Å². The molecular weight excluding hydrogens is 242 g/mol. The lowest BCUT2D eigenvalue weighted by Crippen LogP contribution is -2.40. The highest BCUT2D eigenvalue weighted by molar-refractivity contribution is 5.95. The van der Waals surface area contributed by atoms with Crippen molar-refractivity contribution < 1.29 is 9.59 Å². The molecule has 0 atom stereocenters. The molecule has 0 heterocycles.